The van der Waals surface area contributed by atoms with Crippen LogP contribution in [-0.2, 0) is 18.3 Å². The molecule has 1 fully saturated rings. The zero-order valence-corrected chi connectivity index (χ0v) is 53.2. The molecule has 8 rings (SSSR count). The lowest BCUT2D eigenvalue weighted by Gasteiger charge is -2.32. The lowest BCUT2D eigenvalue weighted by atomic mass is 9.75. The third kappa shape index (κ3) is 12.3. The van der Waals surface area contributed by atoms with Crippen LogP contribution < -0.4 is 0 Å². The summed E-state index contributed by atoms with van der Waals surface area (Å²) in [5.74, 6) is 5.32. The van der Waals surface area contributed by atoms with Crippen LogP contribution in [0.25, 0.3) is 44.5 Å². The van der Waals surface area contributed by atoms with Crippen molar-refractivity contribution in [2.45, 2.75) is 208 Å². The van der Waals surface area contributed by atoms with E-state index in [4.69, 9.17) is 0 Å². The second-order valence-corrected chi connectivity index (χ2v) is 29.1. The van der Waals surface area contributed by atoms with Gasteiger partial charge in [-0.2, -0.15) is 0 Å². The van der Waals surface area contributed by atoms with Gasteiger partial charge < -0.3 is 0 Å². The molecule has 0 N–H and O–H groups in total. The van der Waals surface area contributed by atoms with Gasteiger partial charge in [-0.05, 0) is 206 Å². The molecule has 0 amide bonds. The van der Waals surface area contributed by atoms with Crippen molar-refractivity contribution in [3.8, 4) is 44.5 Å². The fourth-order valence-corrected chi connectivity index (χ4v) is 15.9. The molecule has 0 aliphatic carbocycles. The second-order valence-electron chi connectivity index (χ2n) is 26.4. The number of benzene rings is 7. The van der Waals surface area contributed by atoms with Crippen LogP contribution in [0.1, 0.15) is 268 Å². The summed E-state index contributed by atoms with van der Waals surface area (Å²) in [6.45, 7) is 45.6. The Morgan fingerprint density at radius 1 is 0.359 bits per heavy atom. The molecule has 1 saturated heterocycles. The van der Waals surface area contributed by atoms with Gasteiger partial charge in [0.15, 0.2) is 0 Å². The van der Waals surface area contributed by atoms with E-state index in [0.29, 0.717) is 51.9 Å². The monoisotopic (exact) mass is 1070 g/mol. The van der Waals surface area contributed by atoms with Gasteiger partial charge in [-0.25, -0.2) is 0 Å². The summed E-state index contributed by atoms with van der Waals surface area (Å²) in [4.78, 5) is 0. The molecule has 78 heavy (non-hydrogen) atoms. The molecular weight excluding hydrogens is 977 g/mol. The highest BCUT2D eigenvalue weighted by Gasteiger charge is 2.32. The Kier molecular flexibility index (Phi) is 19.0. The molecule has 412 valence electrons. The summed E-state index contributed by atoms with van der Waals surface area (Å²) in [5, 5.41) is 0. The highest BCUT2D eigenvalue weighted by atomic mass is 32.2. The van der Waals surface area contributed by atoms with Crippen LogP contribution in [0, 0.1) is 0 Å². The minimum Gasteiger partial charge on any atom is -0.143 e. The zero-order valence-electron chi connectivity index (χ0n) is 51.6. The van der Waals surface area contributed by atoms with E-state index in [-0.39, 0.29) is 5.41 Å². The summed E-state index contributed by atoms with van der Waals surface area (Å²) < 4.78 is 0.315. The van der Waals surface area contributed by atoms with Gasteiger partial charge in [0.25, 0.3) is 0 Å². The summed E-state index contributed by atoms with van der Waals surface area (Å²) in [5.41, 5.74) is 31.7. The van der Waals surface area contributed by atoms with Crippen molar-refractivity contribution >= 4 is 23.5 Å². The fraction of sp³-hybridized carbons (Fsp3) is 0.447. The maximum absolute atomic E-state index is 2.69. The average molecular weight is 1070 g/mol. The van der Waals surface area contributed by atoms with Crippen LogP contribution in [0.5, 0.6) is 0 Å². The van der Waals surface area contributed by atoms with Crippen LogP contribution in [0.3, 0.4) is 0 Å². The molecule has 0 radical (unpaired) electrons. The van der Waals surface area contributed by atoms with E-state index in [0.717, 1.165) is 12.8 Å². The standard InChI is InChI=1S/C76H96S2/c1-45(2)56-27-20-28-57(46(3)4)71(56)64-35-24-36-65(72-58(47(5)6)29-21-30-59(72)48(7)8)68(64)43-53-41-55(76(17,18)19)42-54(70(53)75-77-39-26-40-78-75)44-69-66(73-60(49(9)10)31-22-32-61(73)50(11)12)37-25-38-67(69)74-62(51(13)14)33-23-34-63(74)52(15)16/h20-25,27-38,41-42,45-52,75H,26,39-40,43-44H2,1-19H3. The zero-order chi connectivity index (χ0) is 56.5. The van der Waals surface area contributed by atoms with Gasteiger partial charge in [0.1, 0.15) is 0 Å². The highest BCUT2D eigenvalue weighted by Crippen LogP contribution is 2.52. The molecule has 0 aromatic heterocycles. The first-order valence-corrected chi connectivity index (χ1v) is 32.3. The van der Waals surface area contributed by atoms with Crippen molar-refractivity contribution in [2.24, 2.45) is 0 Å². The molecular formula is C76H96S2. The molecule has 0 nitrogen and oxygen atoms in total. The molecule has 0 spiro atoms. The molecule has 2 heteroatoms. The van der Waals surface area contributed by atoms with Gasteiger partial charge in [-0.15, -0.1) is 23.5 Å². The summed E-state index contributed by atoms with van der Waals surface area (Å²) in [7, 11) is 0. The minimum absolute atomic E-state index is 0.0895. The third-order valence-electron chi connectivity index (χ3n) is 16.9. The second kappa shape index (κ2) is 24.9. The predicted molar refractivity (Wildman–Crippen MR) is 350 cm³/mol. The van der Waals surface area contributed by atoms with Gasteiger partial charge in [0.05, 0.1) is 4.58 Å². The lowest BCUT2D eigenvalue weighted by Crippen LogP contribution is -2.17. The van der Waals surface area contributed by atoms with Gasteiger partial charge in [-0.3, -0.25) is 0 Å². The number of hydrogen-bond acceptors (Lipinski definition) is 2. The van der Waals surface area contributed by atoms with Gasteiger partial charge in [0, 0.05) is 0 Å². The molecule has 1 aliphatic heterocycles. The Hall–Kier alpha value is -4.76. The summed E-state index contributed by atoms with van der Waals surface area (Å²) in [6, 6.07) is 48.8. The Balaban J connectivity index is 1.55. The van der Waals surface area contributed by atoms with E-state index in [1.807, 2.05) is 0 Å². The van der Waals surface area contributed by atoms with Crippen molar-refractivity contribution in [1.82, 2.24) is 0 Å². The first-order chi connectivity index (χ1) is 37.0. The van der Waals surface area contributed by atoms with Crippen molar-refractivity contribution < 1.29 is 0 Å². The van der Waals surface area contributed by atoms with Crippen LogP contribution in [0.2, 0.25) is 0 Å². The van der Waals surface area contributed by atoms with Crippen LogP contribution >= 0.6 is 23.5 Å². The van der Waals surface area contributed by atoms with Crippen LogP contribution in [0.4, 0.5) is 0 Å². The quantitative estimate of drug-likeness (QED) is 0.0891. The normalized spacial score (nSPS) is 13.8. The molecule has 0 atom stereocenters. The van der Waals surface area contributed by atoms with Crippen LogP contribution in [-0.4, -0.2) is 11.5 Å². The van der Waals surface area contributed by atoms with Crippen molar-refractivity contribution in [1.29, 1.82) is 0 Å². The fourth-order valence-electron chi connectivity index (χ4n) is 12.8. The molecule has 1 heterocycles. The molecule has 7 aromatic rings. The lowest BCUT2D eigenvalue weighted by molar-refractivity contribution is 0.588. The molecule has 0 saturated carbocycles. The van der Waals surface area contributed by atoms with Gasteiger partial charge in [0.2, 0.25) is 0 Å². The Bertz CT molecular complexity index is 2740. The molecule has 7 aromatic carbocycles. The SMILES string of the molecule is CC(C)c1cccc(C(C)C)c1-c1cccc(-c2c(C(C)C)cccc2C(C)C)c1Cc1cc(C(C)(C)C)cc(Cc2c(-c3c(C(C)C)cccc3C(C)C)cccc2-c2c(C(C)C)cccc2C(C)C)c1C1SCCCS1. The topological polar surface area (TPSA) is 0 Å². The number of rotatable bonds is 17. The van der Waals surface area contributed by atoms with Crippen molar-refractivity contribution in [2.75, 3.05) is 11.5 Å². The van der Waals surface area contributed by atoms with Gasteiger partial charge >= 0.3 is 0 Å². The molecule has 0 unspecified atom stereocenters. The largest absolute Gasteiger partial charge is 0.143 e. The molecule has 1 aliphatic rings. The maximum Gasteiger partial charge on any atom is 0.0756 e. The highest BCUT2D eigenvalue weighted by molar-refractivity contribution is 8.16. The average Bonchev–Trinajstić information content (AvgIpc) is 3.39. The van der Waals surface area contributed by atoms with E-state index < -0.39 is 0 Å². The summed E-state index contributed by atoms with van der Waals surface area (Å²) in [6.07, 6.45) is 2.94. The van der Waals surface area contributed by atoms with Crippen molar-refractivity contribution in [3.63, 3.8) is 0 Å². The maximum atomic E-state index is 2.69. The van der Waals surface area contributed by atoms with E-state index in [1.165, 1.54) is 135 Å². The Morgan fingerprint density at radius 3 is 0.808 bits per heavy atom. The van der Waals surface area contributed by atoms with Crippen molar-refractivity contribution in [3.05, 3.63) is 199 Å². The predicted octanol–water partition coefficient (Wildman–Crippen LogP) is 23.7. The van der Waals surface area contributed by atoms with E-state index in [1.54, 1.807) is 5.56 Å². The molecule has 0 bridgehead atoms. The summed E-state index contributed by atoms with van der Waals surface area (Å²) >= 11 is 4.39. The minimum atomic E-state index is -0.0895. The first-order valence-electron chi connectivity index (χ1n) is 30.2. The number of thioether (sulfide) groups is 2. The van der Waals surface area contributed by atoms with Gasteiger partial charge in [-0.1, -0.05) is 253 Å². The first kappa shape index (κ1) is 59.4. The van der Waals surface area contributed by atoms with E-state index in [2.05, 4.69) is 276 Å². The van der Waals surface area contributed by atoms with E-state index >= 15 is 0 Å². The smallest absolute Gasteiger partial charge is 0.0756 e. The third-order valence-corrected chi connectivity index (χ3v) is 19.9. The number of hydrogen-bond donors (Lipinski definition) is 0. The van der Waals surface area contributed by atoms with E-state index in [9.17, 15) is 0 Å². The van der Waals surface area contributed by atoms with Crippen LogP contribution in [0.15, 0.2) is 121 Å². The Morgan fingerprint density at radius 2 is 0.590 bits per heavy atom. The Labute approximate surface area is 483 Å².